The first-order valence-electron chi connectivity index (χ1n) is 8.91. The molecular weight excluding hydrogens is 344 g/mol. The largest absolute Gasteiger partial charge is 0.508 e. The third kappa shape index (κ3) is 3.32. The van der Waals surface area contributed by atoms with Gasteiger partial charge >= 0.3 is 0 Å². The van der Waals surface area contributed by atoms with E-state index in [1.807, 2.05) is 41.3 Å². The van der Waals surface area contributed by atoms with Crippen LogP contribution in [0.3, 0.4) is 0 Å². The first kappa shape index (κ1) is 17.1. The van der Waals surface area contributed by atoms with E-state index in [0.717, 1.165) is 46.6 Å². The summed E-state index contributed by atoms with van der Waals surface area (Å²) in [7, 11) is 2.11. The number of anilines is 1. The van der Waals surface area contributed by atoms with Gasteiger partial charge in [0, 0.05) is 22.5 Å². The number of nitrogens with zero attached hydrogens (tertiary/aromatic N) is 2. The van der Waals surface area contributed by atoms with Crippen LogP contribution in [0.25, 0.3) is 10.1 Å². The van der Waals surface area contributed by atoms with Gasteiger partial charge in [-0.05, 0) is 62.6 Å². The maximum absolute atomic E-state index is 13.4. The molecule has 4 rings (SSSR count). The fraction of sp³-hybridized carbons (Fsp3) is 0.286. The van der Waals surface area contributed by atoms with Crippen LogP contribution in [0.15, 0.2) is 54.6 Å². The van der Waals surface area contributed by atoms with Gasteiger partial charge in [-0.3, -0.25) is 4.79 Å². The number of benzene rings is 2. The number of phenols is 1. The average Bonchev–Trinajstić information content (AvgIpc) is 3.08. The molecule has 134 valence electrons. The molecule has 26 heavy (non-hydrogen) atoms. The van der Waals surface area contributed by atoms with Gasteiger partial charge in [0.05, 0.1) is 4.88 Å². The average molecular weight is 366 g/mol. The van der Waals surface area contributed by atoms with E-state index in [1.54, 1.807) is 18.2 Å². The van der Waals surface area contributed by atoms with Crippen molar-refractivity contribution in [2.45, 2.75) is 18.9 Å². The number of phenolic OH excluding ortho intramolecular Hbond substituents is 1. The summed E-state index contributed by atoms with van der Waals surface area (Å²) in [5.41, 5.74) is 0.766. The predicted octanol–water partition coefficient (Wildman–Crippen LogP) is 4.35. The summed E-state index contributed by atoms with van der Waals surface area (Å²) in [5.74, 6) is 0.205. The molecule has 2 heterocycles. The van der Waals surface area contributed by atoms with Gasteiger partial charge in [0.25, 0.3) is 5.91 Å². The van der Waals surface area contributed by atoms with Gasteiger partial charge in [0.2, 0.25) is 0 Å². The van der Waals surface area contributed by atoms with Gasteiger partial charge in [-0.1, -0.05) is 24.3 Å². The van der Waals surface area contributed by atoms with E-state index in [9.17, 15) is 9.90 Å². The second-order valence-electron chi connectivity index (χ2n) is 6.88. The lowest BCUT2D eigenvalue weighted by Gasteiger charge is -2.37. The molecule has 1 fully saturated rings. The van der Waals surface area contributed by atoms with Crippen molar-refractivity contribution in [2.75, 3.05) is 25.0 Å². The summed E-state index contributed by atoms with van der Waals surface area (Å²) in [5, 5.41) is 11.0. The third-order valence-electron chi connectivity index (χ3n) is 5.02. The van der Waals surface area contributed by atoms with Gasteiger partial charge < -0.3 is 14.9 Å². The number of likely N-dealkylation sites (tertiary alicyclic amines) is 1. The number of rotatable bonds is 3. The van der Waals surface area contributed by atoms with Crippen LogP contribution >= 0.6 is 11.3 Å². The smallest absolute Gasteiger partial charge is 0.268 e. The van der Waals surface area contributed by atoms with E-state index in [4.69, 9.17) is 0 Å². The molecule has 0 saturated carbocycles. The zero-order valence-corrected chi connectivity index (χ0v) is 15.6. The van der Waals surface area contributed by atoms with Gasteiger partial charge in [-0.25, -0.2) is 0 Å². The minimum absolute atomic E-state index is 0.0198. The van der Waals surface area contributed by atoms with Crippen molar-refractivity contribution in [1.29, 1.82) is 0 Å². The number of aromatic hydroxyl groups is 1. The number of carbonyl (C=O) groups excluding carboxylic acids is 1. The van der Waals surface area contributed by atoms with E-state index in [1.165, 1.54) is 11.3 Å². The Kier molecular flexibility index (Phi) is 4.66. The molecule has 0 atom stereocenters. The summed E-state index contributed by atoms with van der Waals surface area (Å²) >= 11 is 1.53. The molecule has 0 bridgehead atoms. The van der Waals surface area contributed by atoms with Crippen LogP contribution in [0.2, 0.25) is 0 Å². The standard InChI is InChI=1S/C21H22N2O2S/c1-22-11-9-16(10-12-22)23(17-6-4-7-18(24)14-17)21(25)20-13-15-5-2-3-8-19(15)26-20/h2-8,13-14,16,24H,9-12H2,1H3. The molecule has 3 aromatic rings. The Morgan fingerprint density at radius 1 is 1.12 bits per heavy atom. The number of fused-ring (bicyclic) bond motifs is 1. The molecule has 5 heteroatoms. The molecule has 1 aliphatic heterocycles. The SMILES string of the molecule is CN1CCC(N(C(=O)c2cc3ccccc3s2)c2cccc(O)c2)CC1. The lowest BCUT2D eigenvalue weighted by Crippen LogP contribution is -2.46. The summed E-state index contributed by atoms with van der Waals surface area (Å²) in [6, 6.07) is 17.2. The van der Waals surface area contributed by atoms with Crippen molar-refractivity contribution in [3.63, 3.8) is 0 Å². The van der Waals surface area contributed by atoms with Crippen LogP contribution in [-0.4, -0.2) is 42.1 Å². The Bertz CT molecular complexity index is 895. The first-order chi connectivity index (χ1) is 12.6. The molecule has 0 aliphatic carbocycles. The molecule has 1 aromatic heterocycles. The van der Waals surface area contributed by atoms with Gasteiger partial charge in [-0.15, -0.1) is 11.3 Å². The molecule has 1 aliphatic rings. The normalized spacial score (nSPS) is 16.0. The number of thiophene rings is 1. The summed E-state index contributed by atoms with van der Waals surface area (Å²) < 4.78 is 1.12. The van der Waals surface area contributed by atoms with Crippen LogP contribution in [0.1, 0.15) is 22.5 Å². The monoisotopic (exact) mass is 366 g/mol. The van der Waals surface area contributed by atoms with Crippen molar-refractivity contribution < 1.29 is 9.90 Å². The Hall–Kier alpha value is -2.37. The highest BCUT2D eigenvalue weighted by Gasteiger charge is 2.30. The summed E-state index contributed by atoms with van der Waals surface area (Å²) in [6.07, 6.45) is 1.87. The molecule has 1 N–H and O–H groups in total. The highest BCUT2D eigenvalue weighted by molar-refractivity contribution is 7.20. The van der Waals surface area contributed by atoms with E-state index >= 15 is 0 Å². The molecule has 1 amide bonds. The second kappa shape index (κ2) is 7.09. The zero-order chi connectivity index (χ0) is 18.1. The Morgan fingerprint density at radius 2 is 1.88 bits per heavy atom. The summed E-state index contributed by atoms with van der Waals surface area (Å²) in [6.45, 7) is 1.94. The molecular formula is C21H22N2O2S. The Labute approximate surface area is 157 Å². The van der Waals surface area contributed by atoms with Crippen LogP contribution < -0.4 is 4.90 Å². The topological polar surface area (TPSA) is 43.8 Å². The Morgan fingerprint density at radius 3 is 2.62 bits per heavy atom. The van der Waals surface area contributed by atoms with Crippen LogP contribution in [0.4, 0.5) is 5.69 Å². The van der Waals surface area contributed by atoms with Gasteiger partial charge in [-0.2, -0.15) is 0 Å². The van der Waals surface area contributed by atoms with Crippen molar-refractivity contribution in [1.82, 2.24) is 4.90 Å². The van der Waals surface area contributed by atoms with Crippen LogP contribution in [0.5, 0.6) is 5.75 Å². The van der Waals surface area contributed by atoms with Crippen molar-refractivity contribution >= 4 is 33.0 Å². The van der Waals surface area contributed by atoms with E-state index in [0.29, 0.717) is 0 Å². The van der Waals surface area contributed by atoms with Crippen LogP contribution in [0, 0.1) is 0 Å². The maximum atomic E-state index is 13.4. The lowest BCUT2D eigenvalue weighted by atomic mass is 10.0. The quantitative estimate of drug-likeness (QED) is 0.749. The minimum Gasteiger partial charge on any atom is -0.508 e. The van der Waals surface area contributed by atoms with Crippen molar-refractivity contribution in [3.8, 4) is 5.75 Å². The van der Waals surface area contributed by atoms with E-state index in [2.05, 4.69) is 11.9 Å². The Balaban J connectivity index is 1.72. The predicted molar refractivity (Wildman–Crippen MR) is 107 cm³/mol. The fourth-order valence-electron chi connectivity index (χ4n) is 3.60. The molecule has 2 aromatic carbocycles. The highest BCUT2D eigenvalue weighted by atomic mass is 32.1. The number of piperidine rings is 1. The lowest BCUT2D eigenvalue weighted by molar-refractivity contribution is 0.0967. The summed E-state index contributed by atoms with van der Waals surface area (Å²) in [4.78, 5) is 18.4. The molecule has 4 nitrogen and oxygen atoms in total. The molecule has 0 unspecified atom stereocenters. The molecule has 0 spiro atoms. The molecule has 0 radical (unpaired) electrons. The minimum atomic E-state index is 0.0198. The van der Waals surface area contributed by atoms with Crippen molar-refractivity contribution in [2.24, 2.45) is 0 Å². The zero-order valence-electron chi connectivity index (χ0n) is 14.8. The van der Waals surface area contributed by atoms with Gasteiger partial charge in [0.1, 0.15) is 5.75 Å². The van der Waals surface area contributed by atoms with E-state index in [-0.39, 0.29) is 17.7 Å². The fourth-order valence-corrected chi connectivity index (χ4v) is 4.60. The van der Waals surface area contributed by atoms with Crippen molar-refractivity contribution in [3.05, 3.63) is 59.5 Å². The van der Waals surface area contributed by atoms with Crippen LogP contribution in [-0.2, 0) is 0 Å². The van der Waals surface area contributed by atoms with Gasteiger partial charge in [0.15, 0.2) is 0 Å². The molecule has 1 saturated heterocycles. The first-order valence-corrected chi connectivity index (χ1v) is 9.73. The second-order valence-corrected chi connectivity index (χ2v) is 7.96. The third-order valence-corrected chi connectivity index (χ3v) is 6.12. The number of hydrogen-bond acceptors (Lipinski definition) is 4. The maximum Gasteiger partial charge on any atom is 0.268 e. The number of carbonyl (C=O) groups is 1. The highest BCUT2D eigenvalue weighted by Crippen LogP contribution is 2.32. The number of amides is 1. The van der Waals surface area contributed by atoms with E-state index < -0.39 is 0 Å². The number of hydrogen-bond donors (Lipinski definition) is 1.